The standard InChI is InChI=1S/C14H17NO/c1-10-8-12(9-14(10)16)11-4-6-13(7-5-11)15(2)3/h4-7,12H,1,8-9H2,2-3H3. The summed E-state index contributed by atoms with van der Waals surface area (Å²) in [7, 11) is 4.05. The molecule has 0 bridgehead atoms. The van der Waals surface area contributed by atoms with E-state index in [1.54, 1.807) is 0 Å². The van der Waals surface area contributed by atoms with E-state index < -0.39 is 0 Å². The minimum atomic E-state index is 0.224. The van der Waals surface area contributed by atoms with Crippen molar-refractivity contribution in [1.82, 2.24) is 0 Å². The zero-order valence-corrected chi connectivity index (χ0v) is 9.86. The maximum atomic E-state index is 11.4. The highest BCUT2D eigenvalue weighted by atomic mass is 16.1. The van der Waals surface area contributed by atoms with Gasteiger partial charge in [0.05, 0.1) is 0 Å². The summed E-state index contributed by atoms with van der Waals surface area (Å²) in [6.45, 7) is 3.80. The topological polar surface area (TPSA) is 20.3 Å². The number of nitrogens with zero attached hydrogens (tertiary/aromatic N) is 1. The zero-order valence-electron chi connectivity index (χ0n) is 9.86. The van der Waals surface area contributed by atoms with Crippen molar-refractivity contribution in [3.63, 3.8) is 0 Å². The molecule has 0 radical (unpaired) electrons. The van der Waals surface area contributed by atoms with Crippen LogP contribution in [0.25, 0.3) is 0 Å². The molecule has 0 N–H and O–H groups in total. The molecule has 1 fully saturated rings. The molecule has 2 heteroatoms. The van der Waals surface area contributed by atoms with Gasteiger partial charge in [0, 0.05) is 26.2 Å². The van der Waals surface area contributed by atoms with E-state index in [2.05, 4.69) is 35.7 Å². The second kappa shape index (κ2) is 4.12. The number of allylic oxidation sites excluding steroid dienone is 1. The van der Waals surface area contributed by atoms with Gasteiger partial charge in [-0.05, 0) is 35.6 Å². The van der Waals surface area contributed by atoms with E-state index in [0.29, 0.717) is 12.3 Å². The first kappa shape index (κ1) is 10.9. The smallest absolute Gasteiger partial charge is 0.158 e. The summed E-state index contributed by atoms with van der Waals surface area (Å²) in [4.78, 5) is 13.5. The summed E-state index contributed by atoms with van der Waals surface area (Å²) < 4.78 is 0. The average Bonchev–Trinajstić information content (AvgIpc) is 2.59. The number of benzene rings is 1. The monoisotopic (exact) mass is 215 g/mol. The maximum Gasteiger partial charge on any atom is 0.158 e. The number of hydrogen-bond acceptors (Lipinski definition) is 2. The van der Waals surface area contributed by atoms with Crippen molar-refractivity contribution < 1.29 is 4.79 Å². The van der Waals surface area contributed by atoms with E-state index in [0.717, 1.165) is 12.0 Å². The molecule has 0 saturated heterocycles. The van der Waals surface area contributed by atoms with Crippen LogP contribution in [0.1, 0.15) is 24.3 Å². The Morgan fingerprint density at radius 1 is 1.19 bits per heavy atom. The Hall–Kier alpha value is -1.57. The zero-order chi connectivity index (χ0) is 11.7. The molecule has 2 rings (SSSR count). The Morgan fingerprint density at radius 3 is 2.25 bits per heavy atom. The summed E-state index contributed by atoms with van der Waals surface area (Å²) in [6.07, 6.45) is 1.44. The highest BCUT2D eigenvalue weighted by Crippen LogP contribution is 2.35. The molecule has 1 aromatic carbocycles. The predicted molar refractivity (Wildman–Crippen MR) is 66.9 cm³/mol. The van der Waals surface area contributed by atoms with E-state index in [-0.39, 0.29) is 5.78 Å². The first-order valence-corrected chi connectivity index (χ1v) is 5.56. The van der Waals surface area contributed by atoms with Crippen molar-refractivity contribution in [3.8, 4) is 0 Å². The van der Waals surface area contributed by atoms with Gasteiger partial charge in [0.15, 0.2) is 5.78 Å². The third kappa shape index (κ3) is 2.01. The molecule has 2 nitrogen and oxygen atoms in total. The molecule has 0 amide bonds. The van der Waals surface area contributed by atoms with E-state index >= 15 is 0 Å². The van der Waals surface area contributed by atoms with Gasteiger partial charge in [-0.1, -0.05) is 18.7 Å². The number of carbonyl (C=O) groups excluding carboxylic acids is 1. The van der Waals surface area contributed by atoms with Gasteiger partial charge >= 0.3 is 0 Å². The Bertz CT molecular complexity index is 401. The number of ketones is 1. The molecule has 16 heavy (non-hydrogen) atoms. The van der Waals surface area contributed by atoms with E-state index in [1.807, 2.05) is 14.1 Å². The van der Waals surface area contributed by atoms with Gasteiger partial charge in [-0.25, -0.2) is 0 Å². The van der Waals surface area contributed by atoms with Crippen molar-refractivity contribution in [3.05, 3.63) is 42.0 Å². The number of hydrogen-bond donors (Lipinski definition) is 0. The van der Waals surface area contributed by atoms with Gasteiger partial charge in [0.1, 0.15) is 0 Å². The molecule has 0 heterocycles. The van der Waals surface area contributed by atoms with Gasteiger partial charge in [0.25, 0.3) is 0 Å². The van der Waals surface area contributed by atoms with Crippen molar-refractivity contribution in [2.24, 2.45) is 0 Å². The van der Waals surface area contributed by atoms with E-state index in [9.17, 15) is 4.79 Å². The molecule has 0 aliphatic heterocycles. The molecule has 84 valence electrons. The van der Waals surface area contributed by atoms with Crippen LogP contribution >= 0.6 is 0 Å². The van der Waals surface area contributed by atoms with Crippen LogP contribution < -0.4 is 4.90 Å². The number of carbonyl (C=O) groups is 1. The van der Waals surface area contributed by atoms with Crippen LogP contribution in [-0.4, -0.2) is 19.9 Å². The predicted octanol–water partition coefficient (Wildman–Crippen LogP) is 2.76. The molecule has 0 aromatic heterocycles. The van der Waals surface area contributed by atoms with Gasteiger partial charge in [0.2, 0.25) is 0 Å². The van der Waals surface area contributed by atoms with Crippen LogP contribution in [0.5, 0.6) is 0 Å². The molecule has 1 unspecified atom stereocenters. The Morgan fingerprint density at radius 2 is 1.81 bits per heavy atom. The van der Waals surface area contributed by atoms with Crippen LogP contribution in [0, 0.1) is 0 Å². The van der Waals surface area contributed by atoms with Crippen LogP contribution in [0.15, 0.2) is 36.4 Å². The molecule has 1 aliphatic rings. The third-order valence-corrected chi connectivity index (χ3v) is 3.20. The lowest BCUT2D eigenvalue weighted by atomic mass is 9.97. The second-order valence-corrected chi connectivity index (χ2v) is 4.62. The number of Topliss-reactive ketones (excluding diaryl/α,β-unsaturated/α-hetero) is 1. The Labute approximate surface area is 96.6 Å². The number of rotatable bonds is 2. The largest absolute Gasteiger partial charge is 0.378 e. The molecule has 1 aliphatic carbocycles. The lowest BCUT2D eigenvalue weighted by Crippen LogP contribution is -2.08. The summed E-state index contributed by atoms with van der Waals surface area (Å²) in [5, 5.41) is 0. The minimum Gasteiger partial charge on any atom is -0.378 e. The van der Waals surface area contributed by atoms with Crippen molar-refractivity contribution >= 4 is 11.5 Å². The molecular formula is C14H17NO. The molecule has 0 spiro atoms. The molecule has 1 atom stereocenters. The van der Waals surface area contributed by atoms with E-state index in [4.69, 9.17) is 0 Å². The van der Waals surface area contributed by atoms with Gasteiger partial charge in [-0.3, -0.25) is 4.79 Å². The minimum absolute atomic E-state index is 0.224. The summed E-state index contributed by atoms with van der Waals surface area (Å²) in [5.41, 5.74) is 3.21. The first-order valence-electron chi connectivity index (χ1n) is 5.56. The molecule has 1 aromatic rings. The van der Waals surface area contributed by atoms with E-state index in [1.165, 1.54) is 11.3 Å². The van der Waals surface area contributed by atoms with Crippen LogP contribution in [-0.2, 0) is 4.79 Å². The van der Waals surface area contributed by atoms with Crippen LogP contribution in [0.2, 0.25) is 0 Å². The third-order valence-electron chi connectivity index (χ3n) is 3.20. The maximum absolute atomic E-state index is 11.4. The Kier molecular flexibility index (Phi) is 2.82. The van der Waals surface area contributed by atoms with Gasteiger partial charge in [-0.15, -0.1) is 0 Å². The summed E-state index contributed by atoms with van der Waals surface area (Å²) >= 11 is 0. The molecule has 1 saturated carbocycles. The van der Waals surface area contributed by atoms with Crippen molar-refractivity contribution in [2.45, 2.75) is 18.8 Å². The fourth-order valence-corrected chi connectivity index (χ4v) is 2.13. The quantitative estimate of drug-likeness (QED) is 0.707. The lowest BCUT2D eigenvalue weighted by molar-refractivity contribution is -0.114. The second-order valence-electron chi connectivity index (χ2n) is 4.62. The van der Waals surface area contributed by atoms with Crippen molar-refractivity contribution in [1.29, 1.82) is 0 Å². The highest BCUT2D eigenvalue weighted by molar-refractivity contribution is 5.97. The summed E-state index contributed by atoms with van der Waals surface area (Å²) in [5.74, 6) is 0.567. The van der Waals surface area contributed by atoms with Gasteiger partial charge < -0.3 is 4.90 Å². The fourth-order valence-electron chi connectivity index (χ4n) is 2.13. The fraction of sp³-hybridized carbons (Fsp3) is 0.357. The normalized spacial score (nSPS) is 20.2. The van der Waals surface area contributed by atoms with Gasteiger partial charge in [-0.2, -0.15) is 0 Å². The SMILES string of the molecule is C=C1CC(c2ccc(N(C)C)cc2)CC1=O. The Balaban J connectivity index is 2.17. The molecular weight excluding hydrogens is 198 g/mol. The lowest BCUT2D eigenvalue weighted by Gasteiger charge is -2.14. The average molecular weight is 215 g/mol. The first-order chi connectivity index (χ1) is 7.58. The number of anilines is 1. The van der Waals surface area contributed by atoms with Crippen molar-refractivity contribution in [2.75, 3.05) is 19.0 Å². The highest BCUT2D eigenvalue weighted by Gasteiger charge is 2.26. The van der Waals surface area contributed by atoms with Crippen LogP contribution in [0.4, 0.5) is 5.69 Å². The van der Waals surface area contributed by atoms with Crippen LogP contribution in [0.3, 0.4) is 0 Å². The summed E-state index contributed by atoms with van der Waals surface area (Å²) in [6, 6.07) is 8.43.